The molecule has 0 saturated heterocycles. The quantitative estimate of drug-likeness (QED) is 0.407. The van der Waals surface area contributed by atoms with Crippen molar-refractivity contribution in [3.05, 3.63) is 70.7 Å². The topological polar surface area (TPSA) is 111 Å². The van der Waals surface area contributed by atoms with Gasteiger partial charge >= 0.3 is 12.0 Å². The molecule has 2 aromatic carbocycles. The van der Waals surface area contributed by atoms with Gasteiger partial charge in [-0.2, -0.15) is 0 Å². The number of benzene rings is 2. The Morgan fingerprint density at radius 3 is 2.38 bits per heavy atom. The van der Waals surface area contributed by atoms with Crippen LogP contribution in [0.25, 0.3) is 0 Å². The molecule has 0 aliphatic carbocycles. The molecular weight excluding hydrogens is 394 g/mol. The predicted molar refractivity (Wildman–Crippen MR) is 110 cm³/mol. The number of urea groups is 1. The maximum absolute atomic E-state index is 12.1. The van der Waals surface area contributed by atoms with Gasteiger partial charge in [-0.15, -0.1) is 0 Å². The van der Waals surface area contributed by atoms with Crippen molar-refractivity contribution in [3.63, 3.8) is 0 Å². The van der Waals surface area contributed by atoms with Crippen LogP contribution < -0.4 is 16.4 Å². The van der Waals surface area contributed by atoms with Crippen molar-refractivity contribution in [1.29, 1.82) is 0 Å². The van der Waals surface area contributed by atoms with Crippen LogP contribution >= 0.6 is 11.6 Å². The fourth-order valence-electron chi connectivity index (χ4n) is 2.71. The predicted octanol–water partition coefficient (Wildman–Crippen LogP) is 2.73. The van der Waals surface area contributed by atoms with Crippen molar-refractivity contribution in [1.82, 2.24) is 10.6 Å². The first kappa shape index (κ1) is 22.2. The minimum Gasteiger partial charge on any atom is -0.456 e. The third-order valence-corrected chi connectivity index (χ3v) is 4.38. The number of ether oxygens (including phenoxy) is 1. The zero-order chi connectivity index (χ0) is 21.1. The average molecular weight is 418 g/mol. The second-order valence-corrected chi connectivity index (χ2v) is 6.85. The number of rotatable bonds is 10. The maximum atomic E-state index is 12.1. The molecule has 1 atom stereocenters. The van der Waals surface area contributed by atoms with Gasteiger partial charge in [0.25, 0.3) is 5.91 Å². The van der Waals surface area contributed by atoms with Crippen molar-refractivity contribution >= 4 is 29.5 Å². The number of nitrogens with one attached hydrogen (secondary N) is 2. The van der Waals surface area contributed by atoms with E-state index in [9.17, 15) is 14.4 Å². The second kappa shape index (κ2) is 11.7. The minimum absolute atomic E-state index is 0.161. The van der Waals surface area contributed by atoms with Gasteiger partial charge in [0, 0.05) is 11.6 Å². The zero-order valence-corrected chi connectivity index (χ0v) is 16.7. The lowest BCUT2D eigenvalue weighted by atomic mass is 10.0. The van der Waals surface area contributed by atoms with Gasteiger partial charge in [-0.3, -0.25) is 9.59 Å². The number of esters is 1. The SMILES string of the molecule is NC(=O)N[C@H](CC(=O)OCC(=O)NCCCc1ccccc1)c1ccc(Cl)cc1. The molecule has 0 radical (unpaired) electrons. The van der Waals surface area contributed by atoms with E-state index in [0.29, 0.717) is 17.1 Å². The molecule has 154 valence electrons. The third kappa shape index (κ3) is 8.66. The third-order valence-electron chi connectivity index (χ3n) is 4.13. The highest BCUT2D eigenvalue weighted by Crippen LogP contribution is 2.20. The van der Waals surface area contributed by atoms with E-state index in [2.05, 4.69) is 10.6 Å². The van der Waals surface area contributed by atoms with E-state index in [0.717, 1.165) is 12.8 Å². The molecule has 8 heteroatoms. The Morgan fingerprint density at radius 2 is 1.72 bits per heavy atom. The maximum Gasteiger partial charge on any atom is 0.312 e. The number of aryl methyl sites for hydroxylation is 1. The van der Waals surface area contributed by atoms with E-state index in [1.54, 1.807) is 24.3 Å². The van der Waals surface area contributed by atoms with Gasteiger partial charge in [0.05, 0.1) is 12.5 Å². The molecule has 0 heterocycles. The first-order valence-electron chi connectivity index (χ1n) is 9.21. The monoisotopic (exact) mass is 417 g/mol. The van der Waals surface area contributed by atoms with Gasteiger partial charge in [0.2, 0.25) is 0 Å². The van der Waals surface area contributed by atoms with Gasteiger partial charge in [-0.05, 0) is 36.1 Å². The summed E-state index contributed by atoms with van der Waals surface area (Å²) in [6, 6.07) is 15.1. The summed E-state index contributed by atoms with van der Waals surface area (Å²) >= 11 is 5.85. The Morgan fingerprint density at radius 1 is 1.03 bits per heavy atom. The highest BCUT2D eigenvalue weighted by Gasteiger charge is 2.19. The average Bonchev–Trinajstić information content (AvgIpc) is 2.70. The van der Waals surface area contributed by atoms with E-state index in [4.69, 9.17) is 22.1 Å². The van der Waals surface area contributed by atoms with Crippen LogP contribution in [0, 0.1) is 0 Å². The lowest BCUT2D eigenvalue weighted by molar-refractivity contribution is -0.149. The molecule has 0 aliphatic heterocycles. The summed E-state index contributed by atoms with van der Waals surface area (Å²) in [7, 11) is 0. The highest BCUT2D eigenvalue weighted by molar-refractivity contribution is 6.30. The van der Waals surface area contributed by atoms with Crippen LogP contribution in [0.2, 0.25) is 5.02 Å². The molecule has 0 aliphatic rings. The van der Waals surface area contributed by atoms with Crippen LogP contribution in [0.1, 0.15) is 30.0 Å². The van der Waals surface area contributed by atoms with E-state index in [-0.39, 0.29) is 18.9 Å². The van der Waals surface area contributed by atoms with Crippen molar-refractivity contribution in [2.24, 2.45) is 5.73 Å². The Hall–Kier alpha value is -3.06. The van der Waals surface area contributed by atoms with E-state index < -0.39 is 18.0 Å². The fraction of sp³-hybridized carbons (Fsp3) is 0.286. The van der Waals surface area contributed by atoms with Crippen LogP contribution in [-0.4, -0.2) is 31.1 Å². The summed E-state index contributed by atoms with van der Waals surface area (Å²) < 4.78 is 5.01. The molecular formula is C21H24ClN3O4. The van der Waals surface area contributed by atoms with Crippen LogP contribution in [-0.2, 0) is 20.7 Å². The fourth-order valence-corrected chi connectivity index (χ4v) is 2.83. The first-order chi connectivity index (χ1) is 13.9. The summed E-state index contributed by atoms with van der Waals surface area (Å²) in [4.78, 5) is 35.1. The van der Waals surface area contributed by atoms with Crippen molar-refractivity contribution < 1.29 is 19.1 Å². The number of primary amides is 1. The van der Waals surface area contributed by atoms with E-state index in [1.165, 1.54) is 5.56 Å². The summed E-state index contributed by atoms with van der Waals surface area (Å²) in [6.07, 6.45) is 1.47. The summed E-state index contributed by atoms with van der Waals surface area (Å²) in [6.45, 7) is 0.107. The van der Waals surface area contributed by atoms with E-state index in [1.807, 2.05) is 30.3 Å². The molecule has 2 rings (SSSR count). The number of hydrogen-bond donors (Lipinski definition) is 3. The Balaban J connectivity index is 1.72. The highest BCUT2D eigenvalue weighted by atomic mass is 35.5. The number of carbonyl (C=O) groups is 3. The molecule has 7 nitrogen and oxygen atoms in total. The Kier molecular flexibility index (Phi) is 8.98. The van der Waals surface area contributed by atoms with Gasteiger partial charge < -0.3 is 21.1 Å². The van der Waals surface area contributed by atoms with Gasteiger partial charge in [-0.25, -0.2) is 4.79 Å². The standard InChI is InChI=1S/C21H24ClN3O4/c22-17-10-8-16(9-11-17)18(25-21(23)28)13-20(27)29-14-19(26)24-12-4-7-15-5-2-1-3-6-15/h1-3,5-6,8-11,18H,4,7,12-14H2,(H,24,26)(H3,23,25,28)/t18-/m1/s1. The number of carbonyl (C=O) groups excluding carboxylic acids is 3. The number of amides is 3. The van der Waals surface area contributed by atoms with Crippen LogP contribution in [0.5, 0.6) is 0 Å². The molecule has 2 aromatic rings. The van der Waals surface area contributed by atoms with Crippen LogP contribution in [0.3, 0.4) is 0 Å². The van der Waals surface area contributed by atoms with Crippen molar-refractivity contribution in [2.75, 3.05) is 13.2 Å². The Bertz CT molecular complexity index is 812. The molecule has 0 bridgehead atoms. The number of nitrogens with two attached hydrogens (primary N) is 1. The summed E-state index contributed by atoms with van der Waals surface area (Å²) in [5.41, 5.74) is 7.02. The molecule has 3 amide bonds. The lowest BCUT2D eigenvalue weighted by Crippen LogP contribution is -2.35. The molecule has 0 aromatic heterocycles. The molecule has 0 spiro atoms. The second-order valence-electron chi connectivity index (χ2n) is 6.42. The van der Waals surface area contributed by atoms with Gasteiger partial charge in [0.1, 0.15) is 0 Å². The van der Waals surface area contributed by atoms with E-state index >= 15 is 0 Å². The molecule has 4 N–H and O–H groups in total. The lowest BCUT2D eigenvalue weighted by Gasteiger charge is -2.17. The van der Waals surface area contributed by atoms with Crippen LogP contribution in [0.15, 0.2) is 54.6 Å². The Labute approximate surface area is 174 Å². The van der Waals surface area contributed by atoms with Crippen LogP contribution in [0.4, 0.5) is 4.79 Å². The minimum atomic E-state index is -0.770. The molecule has 29 heavy (non-hydrogen) atoms. The van der Waals surface area contributed by atoms with Gasteiger partial charge in [-0.1, -0.05) is 54.1 Å². The number of hydrogen-bond acceptors (Lipinski definition) is 4. The summed E-state index contributed by atoms with van der Waals surface area (Å²) in [5, 5.41) is 5.72. The number of halogens is 1. The van der Waals surface area contributed by atoms with Crippen molar-refractivity contribution in [3.8, 4) is 0 Å². The first-order valence-corrected chi connectivity index (χ1v) is 9.59. The van der Waals surface area contributed by atoms with Crippen molar-refractivity contribution in [2.45, 2.75) is 25.3 Å². The zero-order valence-electron chi connectivity index (χ0n) is 15.9. The smallest absolute Gasteiger partial charge is 0.312 e. The molecule has 0 unspecified atom stereocenters. The molecule has 0 fully saturated rings. The largest absolute Gasteiger partial charge is 0.456 e. The van der Waals surface area contributed by atoms with Gasteiger partial charge in [0.15, 0.2) is 6.61 Å². The summed E-state index contributed by atoms with van der Waals surface area (Å²) in [5.74, 6) is -1.00. The normalized spacial score (nSPS) is 11.3. The molecule has 0 saturated carbocycles.